The summed E-state index contributed by atoms with van der Waals surface area (Å²) in [5.74, 6) is 0. The molecular formula is C20H19F3N6O2S. The van der Waals surface area contributed by atoms with Gasteiger partial charge in [-0.1, -0.05) is 23.9 Å². The van der Waals surface area contributed by atoms with E-state index in [0.29, 0.717) is 28.2 Å². The molecule has 4 N–H and O–H groups in total. The Balaban J connectivity index is 1.77. The number of benzene rings is 1. The van der Waals surface area contributed by atoms with Crippen molar-refractivity contribution in [3.05, 3.63) is 54.4 Å². The van der Waals surface area contributed by atoms with Crippen molar-refractivity contribution < 1.29 is 22.7 Å². The zero-order valence-electron chi connectivity index (χ0n) is 16.8. The Hall–Kier alpha value is -3.38. The number of amides is 2. The number of carbonyl (C=O) groups is 1. The van der Waals surface area contributed by atoms with Gasteiger partial charge in [0.1, 0.15) is 17.2 Å². The largest absolute Gasteiger partial charge is 0.405 e. The van der Waals surface area contributed by atoms with Crippen LogP contribution in [0.4, 0.5) is 23.7 Å². The molecule has 168 valence electrons. The molecule has 12 heteroatoms. The van der Waals surface area contributed by atoms with E-state index in [2.05, 4.69) is 10.3 Å². The van der Waals surface area contributed by atoms with Gasteiger partial charge in [-0.05, 0) is 24.3 Å². The van der Waals surface area contributed by atoms with Gasteiger partial charge in [-0.3, -0.25) is 15.2 Å². The average molecular weight is 464 g/mol. The number of halogens is 3. The number of rotatable bonds is 6. The first-order valence-corrected chi connectivity index (χ1v) is 10.0. The summed E-state index contributed by atoms with van der Waals surface area (Å²) in [6, 6.07) is 9.10. The number of carbonyl (C=O) groups excluding carboxylic acids is 1. The number of methoxy groups -OCH3 is 1. The maximum absolute atomic E-state index is 12.2. The van der Waals surface area contributed by atoms with Gasteiger partial charge >= 0.3 is 12.2 Å². The van der Waals surface area contributed by atoms with Gasteiger partial charge in [0, 0.05) is 30.1 Å². The molecule has 0 unspecified atom stereocenters. The summed E-state index contributed by atoms with van der Waals surface area (Å²) in [5.41, 5.74) is 2.87. The Morgan fingerprint density at radius 1 is 1.25 bits per heavy atom. The standard InChI is InChI=1S/C20H19F3N6O2S/c1-31-10-16(24)32-18(25)13-5-6-29-15(9-26-17(29)8-13)12-3-2-4-14(7-12)28-19(30)27-11-20(21,22)23/h2-9,24-25H,10-11H2,1H3,(H2,27,28,30). The molecule has 1 aromatic carbocycles. The summed E-state index contributed by atoms with van der Waals surface area (Å²) in [6.45, 7) is -1.30. The van der Waals surface area contributed by atoms with Gasteiger partial charge < -0.3 is 15.4 Å². The number of alkyl halides is 3. The van der Waals surface area contributed by atoms with E-state index in [4.69, 9.17) is 15.6 Å². The van der Waals surface area contributed by atoms with E-state index in [1.54, 1.807) is 58.5 Å². The third-order valence-electron chi connectivity index (χ3n) is 4.14. The molecule has 0 bridgehead atoms. The second kappa shape index (κ2) is 9.83. The van der Waals surface area contributed by atoms with Crippen LogP contribution < -0.4 is 10.6 Å². The van der Waals surface area contributed by atoms with E-state index in [1.807, 2.05) is 0 Å². The number of ether oxygens (including phenoxy) is 1. The highest BCUT2D eigenvalue weighted by molar-refractivity contribution is 8.26. The van der Waals surface area contributed by atoms with Crippen LogP contribution in [-0.2, 0) is 4.74 Å². The highest BCUT2D eigenvalue weighted by atomic mass is 32.2. The summed E-state index contributed by atoms with van der Waals surface area (Å²) in [5, 5.41) is 20.5. The van der Waals surface area contributed by atoms with Gasteiger partial charge in [0.2, 0.25) is 0 Å². The lowest BCUT2D eigenvalue weighted by Gasteiger charge is -2.11. The third kappa shape index (κ3) is 6.08. The van der Waals surface area contributed by atoms with Crippen LogP contribution in [0.1, 0.15) is 5.56 Å². The van der Waals surface area contributed by atoms with Crippen LogP contribution in [0, 0.1) is 10.8 Å². The topological polar surface area (TPSA) is 115 Å². The van der Waals surface area contributed by atoms with Crippen molar-refractivity contribution in [1.29, 1.82) is 10.8 Å². The van der Waals surface area contributed by atoms with Crippen LogP contribution in [0.15, 0.2) is 48.8 Å². The monoisotopic (exact) mass is 464 g/mol. The number of fused-ring (bicyclic) bond motifs is 1. The molecular weight excluding hydrogens is 445 g/mol. The lowest BCUT2D eigenvalue weighted by atomic mass is 10.1. The minimum atomic E-state index is -4.49. The van der Waals surface area contributed by atoms with Crippen LogP contribution >= 0.6 is 11.8 Å². The minimum absolute atomic E-state index is 0.126. The number of aromatic nitrogens is 2. The van der Waals surface area contributed by atoms with Crippen molar-refractivity contribution >= 4 is 39.2 Å². The van der Waals surface area contributed by atoms with Gasteiger partial charge in [-0.25, -0.2) is 9.78 Å². The lowest BCUT2D eigenvalue weighted by Crippen LogP contribution is -2.36. The Labute approximate surface area is 185 Å². The summed E-state index contributed by atoms with van der Waals surface area (Å²) in [7, 11) is 1.48. The predicted octanol–water partition coefficient (Wildman–Crippen LogP) is 4.37. The first kappa shape index (κ1) is 23.3. The van der Waals surface area contributed by atoms with Crippen LogP contribution in [0.3, 0.4) is 0 Å². The van der Waals surface area contributed by atoms with Crippen LogP contribution in [0.25, 0.3) is 16.9 Å². The number of nitrogens with zero attached hydrogens (tertiary/aromatic N) is 2. The number of hydrogen-bond donors (Lipinski definition) is 4. The SMILES string of the molecule is COCC(=N)SC(=N)c1ccn2c(-c3cccc(NC(=O)NCC(F)(F)F)c3)cnc2c1. The molecule has 0 aliphatic heterocycles. The van der Waals surface area contributed by atoms with E-state index in [-0.39, 0.29) is 16.7 Å². The number of imidazole rings is 1. The first-order valence-electron chi connectivity index (χ1n) is 9.18. The van der Waals surface area contributed by atoms with Crippen LogP contribution in [0.2, 0.25) is 0 Å². The Morgan fingerprint density at radius 2 is 2.03 bits per heavy atom. The van der Waals surface area contributed by atoms with Crippen LogP contribution in [-0.4, -0.2) is 51.9 Å². The molecule has 0 spiro atoms. The summed E-state index contributed by atoms with van der Waals surface area (Å²) in [6.07, 6.45) is -1.14. The summed E-state index contributed by atoms with van der Waals surface area (Å²) < 4.78 is 43.4. The molecule has 2 amide bonds. The predicted molar refractivity (Wildman–Crippen MR) is 118 cm³/mol. The van der Waals surface area contributed by atoms with E-state index in [1.165, 1.54) is 7.11 Å². The summed E-state index contributed by atoms with van der Waals surface area (Å²) in [4.78, 5) is 16.1. The van der Waals surface area contributed by atoms with Crippen molar-refractivity contribution in [2.75, 3.05) is 25.6 Å². The zero-order chi connectivity index (χ0) is 23.3. The van der Waals surface area contributed by atoms with Gasteiger partial charge in [-0.2, -0.15) is 13.2 Å². The molecule has 0 saturated carbocycles. The first-order chi connectivity index (χ1) is 15.2. The van der Waals surface area contributed by atoms with Crippen molar-refractivity contribution in [3.8, 4) is 11.3 Å². The molecule has 3 aromatic rings. The molecule has 3 rings (SSSR count). The summed E-state index contributed by atoms with van der Waals surface area (Å²) >= 11 is 0.990. The molecule has 2 aromatic heterocycles. The Kier molecular flexibility index (Phi) is 7.15. The van der Waals surface area contributed by atoms with E-state index in [9.17, 15) is 18.0 Å². The van der Waals surface area contributed by atoms with Gasteiger partial charge in [-0.15, -0.1) is 0 Å². The minimum Gasteiger partial charge on any atom is -0.378 e. The van der Waals surface area contributed by atoms with Crippen molar-refractivity contribution in [2.24, 2.45) is 0 Å². The number of pyridine rings is 1. The molecule has 0 atom stereocenters. The highest BCUT2D eigenvalue weighted by Gasteiger charge is 2.27. The maximum atomic E-state index is 12.2. The molecule has 8 nitrogen and oxygen atoms in total. The van der Waals surface area contributed by atoms with E-state index in [0.717, 1.165) is 11.8 Å². The maximum Gasteiger partial charge on any atom is 0.405 e. The van der Waals surface area contributed by atoms with E-state index >= 15 is 0 Å². The normalized spacial score (nSPS) is 11.4. The Bertz CT molecular complexity index is 1160. The van der Waals surface area contributed by atoms with E-state index < -0.39 is 18.8 Å². The van der Waals surface area contributed by atoms with Gasteiger partial charge in [0.25, 0.3) is 0 Å². The second-order valence-electron chi connectivity index (χ2n) is 6.58. The number of urea groups is 1. The van der Waals surface area contributed by atoms with Gasteiger partial charge in [0.15, 0.2) is 0 Å². The Morgan fingerprint density at radius 3 is 2.75 bits per heavy atom. The zero-order valence-corrected chi connectivity index (χ0v) is 17.6. The fourth-order valence-corrected chi connectivity index (χ4v) is 3.46. The highest BCUT2D eigenvalue weighted by Crippen LogP contribution is 2.25. The van der Waals surface area contributed by atoms with Crippen molar-refractivity contribution in [1.82, 2.24) is 14.7 Å². The molecule has 0 aliphatic rings. The van der Waals surface area contributed by atoms with Crippen molar-refractivity contribution in [3.63, 3.8) is 0 Å². The molecule has 32 heavy (non-hydrogen) atoms. The fourth-order valence-electron chi connectivity index (χ4n) is 2.79. The number of hydrogen-bond acceptors (Lipinski definition) is 6. The molecule has 0 aliphatic carbocycles. The number of nitrogens with one attached hydrogen (secondary N) is 4. The molecule has 2 heterocycles. The molecule has 0 saturated heterocycles. The van der Waals surface area contributed by atoms with Crippen molar-refractivity contribution in [2.45, 2.75) is 6.18 Å². The molecule has 0 radical (unpaired) electrons. The van der Waals surface area contributed by atoms with Gasteiger partial charge in [0.05, 0.1) is 23.5 Å². The quantitative estimate of drug-likeness (QED) is 0.320. The second-order valence-corrected chi connectivity index (χ2v) is 7.68. The third-order valence-corrected chi connectivity index (χ3v) is 4.95. The molecule has 0 fully saturated rings. The average Bonchev–Trinajstić information content (AvgIpc) is 3.15. The smallest absolute Gasteiger partial charge is 0.378 e. The van der Waals surface area contributed by atoms with Crippen LogP contribution in [0.5, 0.6) is 0 Å². The number of thioether (sulfide) groups is 1. The number of anilines is 1. The lowest BCUT2D eigenvalue weighted by molar-refractivity contribution is -0.122. The fraction of sp³-hybridized carbons (Fsp3) is 0.200.